The summed E-state index contributed by atoms with van der Waals surface area (Å²) in [6.07, 6.45) is 0.506. The predicted octanol–water partition coefficient (Wildman–Crippen LogP) is 2.21. The Bertz CT molecular complexity index is 718. The molecule has 2 aliphatic rings. The van der Waals surface area contributed by atoms with E-state index in [-0.39, 0.29) is 13.4 Å². The fourth-order valence-electron chi connectivity index (χ4n) is 3.22. The van der Waals surface area contributed by atoms with E-state index in [9.17, 15) is 5.11 Å². The monoisotopic (exact) mass is 327 g/mol. The Balaban J connectivity index is 1.29. The number of ether oxygens (including phenoxy) is 3. The van der Waals surface area contributed by atoms with Gasteiger partial charge < -0.3 is 19.3 Å². The molecule has 24 heavy (non-hydrogen) atoms. The topological polar surface area (TPSA) is 51.2 Å². The average molecular weight is 327 g/mol. The molecule has 2 heterocycles. The van der Waals surface area contributed by atoms with Gasteiger partial charge in [0.05, 0.1) is 0 Å². The maximum absolute atomic E-state index is 10.3. The number of benzene rings is 2. The summed E-state index contributed by atoms with van der Waals surface area (Å²) in [6.45, 7) is 2.98. The summed E-state index contributed by atoms with van der Waals surface area (Å²) in [5, 5.41) is 10.3. The summed E-state index contributed by atoms with van der Waals surface area (Å²) in [5.41, 5.74) is 2.77. The Labute approximate surface area is 141 Å². The molecule has 0 amide bonds. The van der Waals surface area contributed by atoms with Crippen molar-refractivity contribution >= 4 is 0 Å². The summed E-state index contributed by atoms with van der Waals surface area (Å²) < 4.78 is 16.3. The molecule has 0 fully saturated rings. The molecule has 5 heteroatoms. The van der Waals surface area contributed by atoms with E-state index >= 15 is 0 Å². The maximum atomic E-state index is 10.3. The zero-order valence-electron chi connectivity index (χ0n) is 13.5. The van der Waals surface area contributed by atoms with Gasteiger partial charge in [0.2, 0.25) is 6.79 Å². The standard InChI is InChI=1S/C19H21NO4/c21-16(11-20-8-7-14-3-1-2-4-15(14)10-20)12-22-17-5-6-18-19(9-17)24-13-23-18/h1-6,9,16,21H,7-8,10-13H2/t16-/m1/s1. The van der Waals surface area contributed by atoms with Gasteiger partial charge in [-0.25, -0.2) is 0 Å². The largest absolute Gasteiger partial charge is 0.491 e. The van der Waals surface area contributed by atoms with Crippen LogP contribution in [-0.4, -0.2) is 42.6 Å². The first-order valence-corrected chi connectivity index (χ1v) is 8.27. The first-order valence-electron chi connectivity index (χ1n) is 8.27. The van der Waals surface area contributed by atoms with Crippen molar-refractivity contribution in [2.75, 3.05) is 26.5 Å². The molecule has 0 radical (unpaired) electrons. The Morgan fingerprint density at radius 2 is 1.92 bits per heavy atom. The van der Waals surface area contributed by atoms with Crippen molar-refractivity contribution in [3.8, 4) is 17.2 Å². The highest BCUT2D eigenvalue weighted by Gasteiger charge is 2.19. The number of β-amino-alcohol motifs (C(OH)–C–C–N with tert-alkyl or cyclic N) is 1. The fourth-order valence-corrected chi connectivity index (χ4v) is 3.22. The lowest BCUT2D eigenvalue weighted by Gasteiger charge is -2.30. The van der Waals surface area contributed by atoms with Crippen LogP contribution in [0, 0.1) is 0 Å². The molecule has 0 saturated carbocycles. The summed E-state index contributed by atoms with van der Waals surface area (Å²) in [4.78, 5) is 2.27. The first kappa shape index (κ1) is 15.3. The number of aliphatic hydroxyl groups excluding tert-OH is 1. The molecular weight excluding hydrogens is 306 g/mol. The number of nitrogens with zero attached hydrogens (tertiary/aromatic N) is 1. The highest BCUT2D eigenvalue weighted by atomic mass is 16.7. The smallest absolute Gasteiger partial charge is 0.231 e. The molecule has 2 aromatic carbocycles. The number of aliphatic hydroxyl groups is 1. The van der Waals surface area contributed by atoms with Gasteiger partial charge in [0.15, 0.2) is 11.5 Å². The van der Waals surface area contributed by atoms with Crippen molar-refractivity contribution in [3.63, 3.8) is 0 Å². The molecule has 4 rings (SSSR count). The number of hydrogen-bond donors (Lipinski definition) is 1. The minimum absolute atomic E-state index is 0.248. The van der Waals surface area contributed by atoms with Gasteiger partial charge in [0.1, 0.15) is 18.5 Å². The molecule has 2 aromatic rings. The van der Waals surface area contributed by atoms with Crippen LogP contribution >= 0.6 is 0 Å². The number of rotatable bonds is 5. The molecule has 0 saturated heterocycles. The van der Waals surface area contributed by atoms with Gasteiger partial charge >= 0.3 is 0 Å². The molecule has 0 unspecified atom stereocenters. The molecule has 0 bridgehead atoms. The Morgan fingerprint density at radius 3 is 2.83 bits per heavy atom. The van der Waals surface area contributed by atoms with Crippen molar-refractivity contribution in [1.29, 1.82) is 0 Å². The normalized spacial score (nSPS) is 17.4. The predicted molar refractivity (Wildman–Crippen MR) is 89.5 cm³/mol. The van der Waals surface area contributed by atoms with Crippen LogP contribution in [-0.2, 0) is 13.0 Å². The first-order chi connectivity index (χ1) is 11.8. The quantitative estimate of drug-likeness (QED) is 0.912. The minimum Gasteiger partial charge on any atom is -0.491 e. The second-order valence-corrected chi connectivity index (χ2v) is 6.23. The van der Waals surface area contributed by atoms with E-state index in [1.807, 2.05) is 12.1 Å². The van der Waals surface area contributed by atoms with Crippen molar-refractivity contribution in [1.82, 2.24) is 4.90 Å². The lowest BCUT2D eigenvalue weighted by atomic mass is 10.00. The molecule has 1 N–H and O–H groups in total. The second kappa shape index (κ2) is 6.71. The van der Waals surface area contributed by atoms with Crippen LogP contribution in [0.2, 0.25) is 0 Å². The Kier molecular flexibility index (Phi) is 4.28. The average Bonchev–Trinajstić information content (AvgIpc) is 3.07. The number of fused-ring (bicyclic) bond motifs is 2. The molecule has 0 aliphatic carbocycles. The highest BCUT2D eigenvalue weighted by Crippen LogP contribution is 2.35. The molecule has 1 atom stereocenters. The van der Waals surface area contributed by atoms with E-state index in [2.05, 4.69) is 29.2 Å². The van der Waals surface area contributed by atoms with Crippen LogP contribution in [0.1, 0.15) is 11.1 Å². The van der Waals surface area contributed by atoms with Crippen LogP contribution in [0.4, 0.5) is 0 Å². The van der Waals surface area contributed by atoms with Gasteiger partial charge in [-0.2, -0.15) is 0 Å². The highest BCUT2D eigenvalue weighted by molar-refractivity contribution is 5.46. The molecule has 0 aromatic heterocycles. The molecular formula is C19H21NO4. The van der Waals surface area contributed by atoms with Crippen LogP contribution in [0.15, 0.2) is 42.5 Å². The van der Waals surface area contributed by atoms with E-state index < -0.39 is 6.10 Å². The molecule has 2 aliphatic heterocycles. The van der Waals surface area contributed by atoms with Gasteiger partial charge in [-0.15, -0.1) is 0 Å². The van der Waals surface area contributed by atoms with E-state index in [1.54, 1.807) is 6.07 Å². The lowest BCUT2D eigenvalue weighted by Crippen LogP contribution is -2.38. The van der Waals surface area contributed by atoms with E-state index in [0.29, 0.717) is 18.0 Å². The van der Waals surface area contributed by atoms with Gasteiger partial charge in [-0.3, -0.25) is 4.90 Å². The van der Waals surface area contributed by atoms with Gasteiger partial charge in [0, 0.05) is 25.7 Å². The zero-order valence-corrected chi connectivity index (χ0v) is 13.5. The van der Waals surface area contributed by atoms with Crippen molar-refractivity contribution in [2.24, 2.45) is 0 Å². The zero-order chi connectivity index (χ0) is 16.4. The fraction of sp³-hybridized carbons (Fsp3) is 0.368. The Morgan fingerprint density at radius 1 is 1.08 bits per heavy atom. The van der Waals surface area contributed by atoms with Gasteiger partial charge in [-0.1, -0.05) is 24.3 Å². The molecule has 126 valence electrons. The third kappa shape index (κ3) is 3.32. The Hall–Kier alpha value is -2.24. The number of hydrogen-bond acceptors (Lipinski definition) is 5. The summed E-state index contributed by atoms with van der Waals surface area (Å²) in [5.74, 6) is 2.10. The van der Waals surface area contributed by atoms with Gasteiger partial charge in [-0.05, 0) is 29.7 Å². The minimum atomic E-state index is -0.527. The van der Waals surface area contributed by atoms with Crippen molar-refractivity contribution < 1.29 is 19.3 Å². The second-order valence-electron chi connectivity index (χ2n) is 6.23. The third-order valence-corrected chi connectivity index (χ3v) is 4.47. The van der Waals surface area contributed by atoms with E-state index in [4.69, 9.17) is 14.2 Å². The summed E-state index contributed by atoms with van der Waals surface area (Å²) in [6, 6.07) is 14.0. The maximum Gasteiger partial charge on any atom is 0.231 e. The van der Waals surface area contributed by atoms with E-state index in [1.165, 1.54) is 11.1 Å². The summed E-state index contributed by atoms with van der Waals surface area (Å²) >= 11 is 0. The third-order valence-electron chi connectivity index (χ3n) is 4.47. The van der Waals surface area contributed by atoms with Crippen LogP contribution in [0.5, 0.6) is 17.2 Å². The lowest BCUT2D eigenvalue weighted by molar-refractivity contribution is 0.0637. The van der Waals surface area contributed by atoms with Crippen LogP contribution in [0.25, 0.3) is 0 Å². The SMILES string of the molecule is O[C@@H](COc1ccc2c(c1)OCO2)CN1CCc2ccccc2C1. The summed E-state index contributed by atoms with van der Waals surface area (Å²) in [7, 11) is 0. The van der Waals surface area contributed by atoms with Crippen LogP contribution < -0.4 is 14.2 Å². The van der Waals surface area contributed by atoms with Gasteiger partial charge in [0.25, 0.3) is 0 Å². The van der Waals surface area contributed by atoms with Crippen LogP contribution in [0.3, 0.4) is 0 Å². The molecule has 0 spiro atoms. The van der Waals surface area contributed by atoms with Crippen molar-refractivity contribution in [3.05, 3.63) is 53.6 Å². The molecule has 5 nitrogen and oxygen atoms in total. The van der Waals surface area contributed by atoms with E-state index in [0.717, 1.165) is 25.3 Å². The van der Waals surface area contributed by atoms with Crippen molar-refractivity contribution in [2.45, 2.75) is 19.1 Å².